The van der Waals surface area contributed by atoms with Crippen molar-refractivity contribution in [3.63, 3.8) is 0 Å². The maximum absolute atomic E-state index is 12.7. The standard InChI is InChI=1S/C36H40ClN3O4/c1-36(2)15-13-25(31(22-36)24-7-9-26(37)10-8-24)23-39-17-19-40(20-18-39)27-11-12-30(35(42)43-3)33(21-27)44-32-6-4-5-29-28(32)14-16-38-34(29)41/h4-12,21H,13-20,22-23H2,1-3H3,(H,38,41). The summed E-state index contributed by atoms with van der Waals surface area (Å²) in [4.78, 5) is 30.0. The maximum atomic E-state index is 12.7. The van der Waals surface area contributed by atoms with Crippen molar-refractivity contribution in [3.8, 4) is 11.5 Å². The number of rotatable bonds is 7. The molecule has 0 unspecified atom stereocenters. The summed E-state index contributed by atoms with van der Waals surface area (Å²) < 4.78 is 11.4. The molecule has 230 valence electrons. The van der Waals surface area contributed by atoms with E-state index in [4.69, 9.17) is 21.1 Å². The molecule has 7 nitrogen and oxygen atoms in total. The van der Waals surface area contributed by atoms with Crippen LogP contribution in [-0.4, -0.2) is 63.2 Å². The Kier molecular flexibility index (Phi) is 8.70. The molecule has 0 saturated carbocycles. The fourth-order valence-corrected chi connectivity index (χ4v) is 6.74. The second-order valence-electron chi connectivity index (χ2n) is 12.8. The maximum Gasteiger partial charge on any atom is 0.341 e. The van der Waals surface area contributed by atoms with Crippen LogP contribution >= 0.6 is 11.6 Å². The molecule has 2 aliphatic heterocycles. The molecule has 3 aromatic carbocycles. The van der Waals surface area contributed by atoms with Crippen LogP contribution in [-0.2, 0) is 11.2 Å². The van der Waals surface area contributed by atoms with Gasteiger partial charge in [-0.1, -0.05) is 49.2 Å². The molecular formula is C36H40ClN3O4. The van der Waals surface area contributed by atoms with Crippen molar-refractivity contribution < 1.29 is 19.1 Å². The highest BCUT2D eigenvalue weighted by molar-refractivity contribution is 6.30. The predicted octanol–water partition coefficient (Wildman–Crippen LogP) is 6.99. The zero-order chi connectivity index (χ0) is 30.8. The van der Waals surface area contributed by atoms with Gasteiger partial charge in [0.2, 0.25) is 0 Å². The summed E-state index contributed by atoms with van der Waals surface area (Å²) in [5.41, 5.74) is 7.40. The van der Waals surface area contributed by atoms with Crippen LogP contribution < -0.4 is 15.0 Å². The lowest BCUT2D eigenvalue weighted by Crippen LogP contribution is -2.47. The van der Waals surface area contributed by atoms with Gasteiger partial charge in [-0.05, 0) is 78.6 Å². The van der Waals surface area contributed by atoms with E-state index in [0.717, 1.165) is 61.8 Å². The molecule has 1 amide bonds. The van der Waals surface area contributed by atoms with E-state index in [1.807, 2.05) is 30.3 Å². The summed E-state index contributed by atoms with van der Waals surface area (Å²) in [5, 5.41) is 3.65. The molecule has 0 aromatic heterocycles. The molecule has 44 heavy (non-hydrogen) atoms. The Morgan fingerprint density at radius 2 is 1.75 bits per heavy atom. The summed E-state index contributed by atoms with van der Waals surface area (Å²) >= 11 is 6.20. The largest absolute Gasteiger partial charge is 0.465 e. The first-order valence-electron chi connectivity index (χ1n) is 15.5. The number of anilines is 1. The minimum Gasteiger partial charge on any atom is -0.465 e. The molecule has 1 saturated heterocycles. The number of allylic oxidation sites excluding steroid dienone is 1. The normalized spacial score (nSPS) is 18.5. The number of nitrogens with one attached hydrogen (secondary N) is 1. The Morgan fingerprint density at radius 1 is 0.977 bits per heavy atom. The van der Waals surface area contributed by atoms with Gasteiger partial charge in [0, 0.05) is 67.2 Å². The Hall–Kier alpha value is -3.81. The van der Waals surface area contributed by atoms with E-state index in [1.54, 1.807) is 18.2 Å². The van der Waals surface area contributed by atoms with Crippen LogP contribution in [0.25, 0.3) is 5.57 Å². The van der Waals surface area contributed by atoms with E-state index in [9.17, 15) is 9.59 Å². The molecule has 8 heteroatoms. The van der Waals surface area contributed by atoms with Gasteiger partial charge in [0.1, 0.15) is 17.1 Å². The number of carbonyl (C=O) groups is 2. The average Bonchev–Trinajstić information content (AvgIpc) is 3.03. The quantitative estimate of drug-likeness (QED) is 0.290. The van der Waals surface area contributed by atoms with Crippen molar-refractivity contribution >= 4 is 34.7 Å². The van der Waals surface area contributed by atoms with E-state index in [-0.39, 0.29) is 5.91 Å². The Labute approximate surface area is 264 Å². The number of piperazine rings is 1. The first-order valence-corrected chi connectivity index (χ1v) is 15.8. The molecule has 3 aliphatic rings. The second kappa shape index (κ2) is 12.7. The Morgan fingerprint density at radius 3 is 2.50 bits per heavy atom. The molecule has 1 N–H and O–H groups in total. The van der Waals surface area contributed by atoms with Gasteiger partial charge < -0.3 is 19.7 Å². The Balaban J connectivity index is 1.19. The van der Waals surface area contributed by atoms with Gasteiger partial charge in [-0.25, -0.2) is 4.79 Å². The number of halogens is 1. The molecule has 2 heterocycles. The highest BCUT2D eigenvalue weighted by Crippen LogP contribution is 2.43. The van der Waals surface area contributed by atoms with Gasteiger partial charge >= 0.3 is 5.97 Å². The number of carbonyl (C=O) groups excluding carboxylic acids is 2. The second-order valence-corrected chi connectivity index (χ2v) is 13.2. The van der Waals surface area contributed by atoms with Crippen LogP contribution in [0.4, 0.5) is 5.69 Å². The van der Waals surface area contributed by atoms with Crippen LogP contribution in [0.3, 0.4) is 0 Å². The van der Waals surface area contributed by atoms with Gasteiger partial charge in [0.25, 0.3) is 5.91 Å². The number of esters is 1. The van der Waals surface area contributed by atoms with Crippen LogP contribution in [0.2, 0.25) is 5.02 Å². The van der Waals surface area contributed by atoms with E-state index >= 15 is 0 Å². The van der Waals surface area contributed by atoms with Crippen molar-refractivity contribution in [1.29, 1.82) is 0 Å². The number of nitrogens with zero attached hydrogens (tertiary/aromatic N) is 2. The third-order valence-corrected chi connectivity index (χ3v) is 9.41. The molecule has 0 spiro atoms. The monoisotopic (exact) mass is 613 g/mol. The summed E-state index contributed by atoms with van der Waals surface area (Å²) in [6.45, 7) is 9.88. The lowest BCUT2D eigenvalue weighted by molar-refractivity contribution is 0.0597. The van der Waals surface area contributed by atoms with E-state index in [0.29, 0.717) is 41.0 Å². The minimum absolute atomic E-state index is 0.107. The summed E-state index contributed by atoms with van der Waals surface area (Å²) in [6, 6.07) is 19.4. The zero-order valence-electron chi connectivity index (χ0n) is 25.7. The number of methoxy groups -OCH3 is 1. The van der Waals surface area contributed by atoms with Gasteiger partial charge in [0.15, 0.2) is 0 Å². The van der Waals surface area contributed by atoms with E-state index in [2.05, 4.69) is 41.1 Å². The molecule has 6 rings (SSSR count). The first-order chi connectivity index (χ1) is 21.2. The van der Waals surface area contributed by atoms with E-state index in [1.165, 1.54) is 30.2 Å². The minimum atomic E-state index is -0.459. The molecule has 0 atom stereocenters. The van der Waals surface area contributed by atoms with Gasteiger partial charge in [0.05, 0.1) is 7.11 Å². The smallest absolute Gasteiger partial charge is 0.341 e. The van der Waals surface area contributed by atoms with Crippen LogP contribution in [0.15, 0.2) is 66.2 Å². The predicted molar refractivity (Wildman–Crippen MR) is 175 cm³/mol. The third-order valence-electron chi connectivity index (χ3n) is 9.16. The van der Waals surface area contributed by atoms with Gasteiger partial charge in [-0.2, -0.15) is 0 Å². The molecule has 0 bridgehead atoms. The summed E-state index contributed by atoms with van der Waals surface area (Å²) in [7, 11) is 1.37. The lowest BCUT2D eigenvalue weighted by Gasteiger charge is -2.39. The fourth-order valence-electron chi connectivity index (χ4n) is 6.62. The zero-order valence-corrected chi connectivity index (χ0v) is 26.5. The number of amides is 1. The van der Waals surface area contributed by atoms with Crippen molar-refractivity contribution in [3.05, 3.63) is 93.5 Å². The molecule has 1 aliphatic carbocycles. The number of fused-ring (bicyclic) bond motifs is 1. The van der Waals surface area contributed by atoms with Gasteiger partial charge in [-0.15, -0.1) is 0 Å². The number of ether oxygens (including phenoxy) is 2. The Bertz CT molecular complexity index is 1590. The van der Waals surface area contributed by atoms with Crippen LogP contribution in [0.5, 0.6) is 11.5 Å². The van der Waals surface area contributed by atoms with Gasteiger partial charge in [-0.3, -0.25) is 9.69 Å². The molecule has 1 fully saturated rings. The highest BCUT2D eigenvalue weighted by atomic mass is 35.5. The third kappa shape index (κ3) is 6.49. The number of benzene rings is 3. The lowest BCUT2D eigenvalue weighted by atomic mass is 9.72. The number of hydrogen-bond donors (Lipinski definition) is 1. The van der Waals surface area contributed by atoms with Crippen molar-refractivity contribution in [2.24, 2.45) is 5.41 Å². The van der Waals surface area contributed by atoms with Crippen molar-refractivity contribution in [1.82, 2.24) is 10.2 Å². The fraction of sp³-hybridized carbons (Fsp3) is 0.389. The molecular weight excluding hydrogens is 574 g/mol. The van der Waals surface area contributed by atoms with Crippen molar-refractivity contribution in [2.75, 3.05) is 51.3 Å². The topological polar surface area (TPSA) is 71.1 Å². The van der Waals surface area contributed by atoms with Crippen LogP contribution in [0, 0.1) is 5.41 Å². The molecule has 3 aromatic rings. The first kappa shape index (κ1) is 30.2. The van der Waals surface area contributed by atoms with Crippen molar-refractivity contribution in [2.45, 2.75) is 39.5 Å². The average molecular weight is 614 g/mol. The highest BCUT2D eigenvalue weighted by Gasteiger charge is 2.30. The summed E-state index contributed by atoms with van der Waals surface area (Å²) in [5.74, 6) is 0.451. The van der Waals surface area contributed by atoms with Crippen LogP contribution in [0.1, 0.15) is 65.0 Å². The molecule has 0 radical (unpaired) electrons. The SMILES string of the molecule is COC(=O)c1ccc(N2CCN(CC3=C(c4ccc(Cl)cc4)CC(C)(C)CC3)CC2)cc1Oc1cccc2c1CCNC2=O. The van der Waals surface area contributed by atoms with E-state index < -0.39 is 5.97 Å². The number of hydrogen-bond acceptors (Lipinski definition) is 6. The summed E-state index contributed by atoms with van der Waals surface area (Å²) in [6.07, 6.45) is 4.06.